The van der Waals surface area contributed by atoms with E-state index in [1.165, 1.54) is 12.1 Å². The van der Waals surface area contributed by atoms with Crippen molar-refractivity contribution in [2.45, 2.75) is 0 Å². The van der Waals surface area contributed by atoms with Crippen LogP contribution in [0.3, 0.4) is 0 Å². The molecule has 15 heavy (non-hydrogen) atoms. The van der Waals surface area contributed by atoms with Crippen molar-refractivity contribution >= 4 is 16.9 Å². The number of aromatic nitrogens is 1. The van der Waals surface area contributed by atoms with E-state index in [4.69, 9.17) is 0 Å². The van der Waals surface area contributed by atoms with Gasteiger partial charge in [0.25, 0.3) is 0 Å². The molecular weight excluding hydrogens is 315 g/mol. The second-order valence-corrected chi connectivity index (χ2v) is 2.83. The number of nitrogens with zero attached hydrogens (tertiary/aromatic N) is 1. The van der Waals surface area contributed by atoms with Gasteiger partial charge in [-0.15, -0.1) is 0 Å². The monoisotopic (exact) mass is 321 g/mol. The van der Waals surface area contributed by atoms with Gasteiger partial charge in [-0.25, -0.2) is 4.98 Å². The number of hydrogen-bond donors (Lipinski definition) is 1. The molecule has 0 bridgehead atoms. The van der Waals surface area contributed by atoms with Crippen LogP contribution in [-0.4, -0.2) is 16.1 Å². The molecule has 0 saturated carbocycles. The Bertz CT molecular complexity index is 513. The fourth-order valence-corrected chi connectivity index (χ4v) is 1.25. The van der Waals surface area contributed by atoms with E-state index in [9.17, 15) is 15.0 Å². The summed E-state index contributed by atoms with van der Waals surface area (Å²) in [4.78, 5) is 14.3. The SMILES string of the molecule is O=C([O-])c1ccc2cccc(O)c2n1.[Cs+]. The van der Waals surface area contributed by atoms with Crippen molar-refractivity contribution in [3.63, 3.8) is 0 Å². The molecule has 1 aromatic heterocycles. The number of pyridine rings is 1. The first-order chi connectivity index (χ1) is 6.68. The van der Waals surface area contributed by atoms with Gasteiger partial charge in [-0.3, -0.25) is 0 Å². The second-order valence-electron chi connectivity index (χ2n) is 2.83. The molecule has 0 aliphatic heterocycles. The minimum Gasteiger partial charge on any atom is -0.543 e. The summed E-state index contributed by atoms with van der Waals surface area (Å²) in [6.07, 6.45) is 0. The molecule has 0 saturated heterocycles. The molecule has 2 rings (SSSR count). The molecule has 0 spiro atoms. The van der Waals surface area contributed by atoms with E-state index >= 15 is 0 Å². The van der Waals surface area contributed by atoms with Gasteiger partial charge in [0.15, 0.2) is 0 Å². The Hall–Kier alpha value is -0.0481. The Kier molecular flexibility index (Phi) is 4.63. The summed E-state index contributed by atoms with van der Waals surface area (Å²) < 4.78 is 0. The maximum absolute atomic E-state index is 10.5. The van der Waals surface area contributed by atoms with Gasteiger partial charge in [-0.1, -0.05) is 18.2 Å². The minimum atomic E-state index is -1.35. The van der Waals surface area contributed by atoms with E-state index in [-0.39, 0.29) is 85.9 Å². The summed E-state index contributed by atoms with van der Waals surface area (Å²) in [5.41, 5.74) is 0.0909. The van der Waals surface area contributed by atoms with Crippen molar-refractivity contribution in [3.8, 4) is 5.75 Å². The van der Waals surface area contributed by atoms with Crippen LogP contribution in [0.25, 0.3) is 10.9 Å². The van der Waals surface area contributed by atoms with Gasteiger partial charge in [0.05, 0.1) is 11.7 Å². The van der Waals surface area contributed by atoms with Gasteiger partial charge in [-0.2, -0.15) is 0 Å². The van der Waals surface area contributed by atoms with Crippen molar-refractivity contribution in [1.29, 1.82) is 0 Å². The Labute approximate surface area is 145 Å². The van der Waals surface area contributed by atoms with Crippen molar-refractivity contribution in [2.24, 2.45) is 0 Å². The number of hydrogen-bond acceptors (Lipinski definition) is 4. The topological polar surface area (TPSA) is 73.2 Å². The Morgan fingerprint density at radius 1 is 1.27 bits per heavy atom. The summed E-state index contributed by atoms with van der Waals surface area (Å²) in [6.45, 7) is 0. The molecule has 2 aromatic rings. The molecule has 70 valence electrons. The number of rotatable bonds is 1. The van der Waals surface area contributed by atoms with Crippen molar-refractivity contribution in [2.75, 3.05) is 0 Å². The first kappa shape index (κ1) is 13.0. The first-order valence-electron chi connectivity index (χ1n) is 3.98. The summed E-state index contributed by atoms with van der Waals surface area (Å²) >= 11 is 0. The summed E-state index contributed by atoms with van der Waals surface area (Å²) in [6, 6.07) is 7.78. The fraction of sp³-hybridized carbons (Fsp3) is 0. The van der Waals surface area contributed by atoms with E-state index in [1.54, 1.807) is 18.2 Å². The van der Waals surface area contributed by atoms with Crippen LogP contribution < -0.4 is 74.0 Å². The van der Waals surface area contributed by atoms with Crippen LogP contribution in [-0.2, 0) is 0 Å². The number of benzene rings is 1. The third kappa shape index (κ3) is 2.74. The molecule has 0 radical (unpaired) electrons. The van der Waals surface area contributed by atoms with Crippen LogP contribution in [0.2, 0.25) is 0 Å². The van der Waals surface area contributed by atoms with Crippen LogP contribution in [0, 0.1) is 0 Å². The number of phenols is 1. The first-order valence-corrected chi connectivity index (χ1v) is 3.98. The predicted octanol–water partition coefficient (Wildman–Crippen LogP) is -2.69. The number of aromatic carboxylic acids is 1. The zero-order chi connectivity index (χ0) is 10.1. The number of phenolic OH excluding ortho intramolecular Hbond substituents is 1. The molecule has 0 aliphatic rings. The molecule has 1 aromatic carbocycles. The Morgan fingerprint density at radius 3 is 2.67 bits per heavy atom. The van der Waals surface area contributed by atoms with Crippen LogP contribution in [0.1, 0.15) is 10.5 Å². The Morgan fingerprint density at radius 2 is 2.00 bits per heavy atom. The van der Waals surface area contributed by atoms with Crippen molar-refractivity contribution in [1.82, 2.24) is 4.98 Å². The van der Waals surface area contributed by atoms with Gasteiger partial charge >= 0.3 is 68.9 Å². The molecule has 0 amide bonds. The van der Waals surface area contributed by atoms with Gasteiger partial charge in [0.2, 0.25) is 0 Å². The molecule has 0 fully saturated rings. The molecule has 1 N–H and O–H groups in total. The van der Waals surface area contributed by atoms with Gasteiger partial charge < -0.3 is 15.0 Å². The molecule has 4 nitrogen and oxygen atoms in total. The number of carboxylic acid groups (broad SMARTS) is 1. The molecule has 1 heterocycles. The third-order valence-corrected chi connectivity index (χ3v) is 1.91. The summed E-state index contributed by atoms with van der Waals surface area (Å²) in [5, 5.41) is 20.6. The van der Waals surface area contributed by atoms with Crippen LogP contribution in [0.5, 0.6) is 5.75 Å². The minimum absolute atomic E-state index is 0. The fourth-order valence-electron chi connectivity index (χ4n) is 1.25. The average Bonchev–Trinajstić information content (AvgIpc) is 2.18. The predicted molar refractivity (Wildman–Crippen MR) is 47.7 cm³/mol. The number of fused-ring (bicyclic) bond motifs is 1. The van der Waals surface area contributed by atoms with E-state index < -0.39 is 5.97 Å². The number of carboxylic acids is 1. The van der Waals surface area contributed by atoms with E-state index in [1.807, 2.05) is 0 Å². The largest absolute Gasteiger partial charge is 1.00 e. The van der Waals surface area contributed by atoms with Crippen LogP contribution in [0.15, 0.2) is 30.3 Å². The number of aromatic hydroxyl groups is 1. The zero-order valence-corrected chi connectivity index (χ0v) is 14.4. The molecule has 0 atom stereocenters. The van der Waals surface area contributed by atoms with Crippen LogP contribution in [0.4, 0.5) is 0 Å². The number of para-hydroxylation sites is 1. The third-order valence-electron chi connectivity index (χ3n) is 1.91. The average molecular weight is 321 g/mol. The van der Waals surface area contributed by atoms with Gasteiger partial charge in [0, 0.05) is 5.39 Å². The number of carbonyl (C=O) groups is 1. The Balaban J connectivity index is 0.00000112. The van der Waals surface area contributed by atoms with Crippen LogP contribution >= 0.6 is 0 Å². The van der Waals surface area contributed by atoms with Crippen molar-refractivity contribution in [3.05, 3.63) is 36.0 Å². The van der Waals surface area contributed by atoms with Gasteiger partial charge in [-0.05, 0) is 12.1 Å². The van der Waals surface area contributed by atoms with Gasteiger partial charge in [0.1, 0.15) is 11.3 Å². The normalized spacial score (nSPS) is 9.60. The number of carbonyl (C=O) groups excluding carboxylic acids is 1. The van der Waals surface area contributed by atoms with E-state index in [0.717, 1.165) is 0 Å². The maximum Gasteiger partial charge on any atom is 1.00 e. The zero-order valence-electron chi connectivity index (χ0n) is 8.10. The molecule has 0 aliphatic carbocycles. The summed E-state index contributed by atoms with van der Waals surface area (Å²) in [5.74, 6) is -1.39. The quantitative estimate of drug-likeness (QED) is 0.621. The standard InChI is InChI=1S/C10H7NO3.Cs/c12-8-3-1-2-6-4-5-7(10(13)14)11-9(6)8;/h1-5,12H,(H,13,14);/q;+1/p-1. The molecular formula is C10H6CsNO3. The van der Waals surface area contributed by atoms with E-state index in [0.29, 0.717) is 5.39 Å². The smallest absolute Gasteiger partial charge is 0.543 e. The second kappa shape index (κ2) is 5.33. The molecule has 0 unspecified atom stereocenters. The summed E-state index contributed by atoms with van der Waals surface area (Å²) in [7, 11) is 0. The maximum atomic E-state index is 10.5. The van der Waals surface area contributed by atoms with Crippen molar-refractivity contribution < 1.29 is 83.9 Å². The molecule has 5 heteroatoms. The van der Waals surface area contributed by atoms with E-state index in [2.05, 4.69) is 4.98 Å².